The number of fused-ring (bicyclic) bond motifs is 1. The summed E-state index contributed by atoms with van der Waals surface area (Å²) in [5.74, 6) is 0.277. The van der Waals surface area contributed by atoms with Crippen LogP contribution in [0.4, 0.5) is 0 Å². The van der Waals surface area contributed by atoms with Crippen molar-refractivity contribution in [1.29, 1.82) is 0 Å². The summed E-state index contributed by atoms with van der Waals surface area (Å²) >= 11 is 3.26. The second-order valence-corrected chi connectivity index (χ2v) is 8.46. The normalized spacial score (nSPS) is 11.1. The molecule has 3 aromatic carbocycles. The van der Waals surface area contributed by atoms with Crippen LogP contribution in [0.25, 0.3) is 10.2 Å². The van der Waals surface area contributed by atoms with Gasteiger partial charge in [-0.3, -0.25) is 0 Å². The van der Waals surface area contributed by atoms with E-state index in [-0.39, 0.29) is 11.8 Å². The maximum atomic E-state index is 9.76. The highest BCUT2D eigenvalue weighted by molar-refractivity contribution is 7.97. The van der Waals surface area contributed by atoms with E-state index in [1.54, 1.807) is 35.4 Å². The van der Waals surface area contributed by atoms with E-state index in [0.29, 0.717) is 0 Å². The first-order valence-electron chi connectivity index (χ1n) is 10.8. The highest BCUT2D eigenvalue weighted by Gasteiger charge is 2.18. The van der Waals surface area contributed by atoms with E-state index in [9.17, 15) is 5.11 Å². The molecule has 2 N–H and O–H groups in total. The minimum atomic E-state index is 0.0801. The minimum Gasteiger partial charge on any atom is -0.508 e. The van der Waals surface area contributed by atoms with Crippen molar-refractivity contribution in [3.63, 3.8) is 0 Å². The maximum Gasteiger partial charge on any atom is 0.117 e. The van der Waals surface area contributed by atoms with Gasteiger partial charge in [0.05, 0.1) is 16.3 Å². The number of hydrogen-bond donors (Lipinski definition) is 2. The molecule has 0 aliphatic heterocycles. The van der Waals surface area contributed by atoms with Crippen molar-refractivity contribution in [2.45, 2.75) is 52.0 Å². The van der Waals surface area contributed by atoms with E-state index >= 15 is 0 Å². The highest BCUT2D eigenvalue weighted by Crippen LogP contribution is 2.32. The third-order valence-electron chi connectivity index (χ3n) is 4.27. The Morgan fingerprint density at radius 1 is 0.935 bits per heavy atom. The third kappa shape index (κ3) is 7.39. The van der Waals surface area contributed by atoms with E-state index in [1.165, 1.54) is 16.0 Å². The molecule has 0 aliphatic carbocycles. The first kappa shape index (κ1) is 24.9. The Hall–Kier alpha value is -2.34. The second-order valence-electron chi connectivity index (χ2n) is 6.48. The van der Waals surface area contributed by atoms with Crippen LogP contribution in [0.15, 0.2) is 77.7 Å². The second kappa shape index (κ2) is 13.2. The number of aryl methyl sites for hydroxylation is 1. The number of nitrogens with one attached hydrogen (secondary N) is 1. The molecule has 1 atom stereocenters. The molecule has 1 aromatic heterocycles. The number of nitrogens with zero attached hydrogens (tertiary/aromatic N) is 1. The molecule has 4 aromatic rings. The van der Waals surface area contributed by atoms with Gasteiger partial charge in [-0.15, -0.1) is 11.3 Å². The summed E-state index contributed by atoms with van der Waals surface area (Å²) in [4.78, 5) is 5.99. The number of phenols is 1. The van der Waals surface area contributed by atoms with E-state index in [1.807, 2.05) is 52.0 Å². The quantitative estimate of drug-likeness (QED) is 0.291. The Labute approximate surface area is 194 Å². The predicted molar refractivity (Wildman–Crippen MR) is 137 cm³/mol. The van der Waals surface area contributed by atoms with Crippen LogP contribution in [0.5, 0.6) is 5.75 Å². The predicted octanol–water partition coefficient (Wildman–Crippen LogP) is 7.94. The molecule has 0 aliphatic rings. The number of phenolic OH excluding ortho intramolecular Hbond substituents is 1. The van der Waals surface area contributed by atoms with Crippen molar-refractivity contribution in [2.24, 2.45) is 0 Å². The maximum absolute atomic E-state index is 9.76. The Morgan fingerprint density at radius 3 is 2.39 bits per heavy atom. The molecule has 31 heavy (non-hydrogen) atoms. The van der Waals surface area contributed by atoms with Gasteiger partial charge in [0.25, 0.3) is 0 Å². The van der Waals surface area contributed by atoms with Crippen LogP contribution in [0.1, 0.15) is 49.9 Å². The standard InChI is InChI=1S/C22H20N2OS2.2C2H6/c1-15-6-5-7-16(12-15)13-20(24-27-18-8-3-2-4-9-18)22-23-19-11-10-17(25)14-21(19)26-22;2*1-2/h2-12,14,20,24-25H,13H2,1H3;2*1-2H3. The Kier molecular flexibility index (Phi) is 10.6. The van der Waals surface area contributed by atoms with Crippen molar-refractivity contribution >= 4 is 33.5 Å². The summed E-state index contributed by atoms with van der Waals surface area (Å²) in [6.07, 6.45) is 0.854. The lowest BCUT2D eigenvalue weighted by atomic mass is 10.0. The van der Waals surface area contributed by atoms with Crippen LogP contribution in [-0.2, 0) is 6.42 Å². The van der Waals surface area contributed by atoms with Crippen LogP contribution in [0.2, 0.25) is 0 Å². The molecular formula is C26H32N2OS2. The molecule has 1 heterocycles. The Bertz CT molecular complexity index is 1050. The van der Waals surface area contributed by atoms with Crippen molar-refractivity contribution in [2.75, 3.05) is 0 Å². The zero-order chi connectivity index (χ0) is 22.6. The summed E-state index contributed by atoms with van der Waals surface area (Å²) in [6.45, 7) is 10.1. The van der Waals surface area contributed by atoms with Crippen LogP contribution in [0.3, 0.4) is 0 Å². The monoisotopic (exact) mass is 452 g/mol. The Morgan fingerprint density at radius 2 is 1.68 bits per heavy atom. The zero-order valence-electron chi connectivity index (χ0n) is 18.9. The average molecular weight is 453 g/mol. The molecule has 0 fully saturated rings. The van der Waals surface area contributed by atoms with Gasteiger partial charge in [0, 0.05) is 4.90 Å². The van der Waals surface area contributed by atoms with Gasteiger partial charge in [-0.05, 0) is 61.2 Å². The topological polar surface area (TPSA) is 45.2 Å². The van der Waals surface area contributed by atoms with Crippen molar-refractivity contribution in [1.82, 2.24) is 9.71 Å². The number of hydrogen-bond acceptors (Lipinski definition) is 5. The lowest BCUT2D eigenvalue weighted by Gasteiger charge is -2.16. The molecule has 0 saturated carbocycles. The van der Waals surface area contributed by atoms with Gasteiger partial charge in [-0.1, -0.05) is 75.7 Å². The van der Waals surface area contributed by atoms with Gasteiger partial charge in [0.15, 0.2) is 0 Å². The average Bonchev–Trinajstić information content (AvgIpc) is 3.23. The molecule has 0 radical (unpaired) electrons. The summed E-state index contributed by atoms with van der Waals surface area (Å²) in [5.41, 5.74) is 3.47. The minimum absolute atomic E-state index is 0.0801. The SMILES string of the molecule is CC.CC.Cc1cccc(CC(NSc2ccccc2)c2nc3ccc(O)cc3s2)c1. The van der Waals surface area contributed by atoms with Crippen LogP contribution < -0.4 is 4.72 Å². The van der Waals surface area contributed by atoms with Crippen molar-refractivity contribution in [3.05, 3.63) is 88.9 Å². The van der Waals surface area contributed by atoms with Gasteiger partial charge < -0.3 is 5.11 Å². The number of thiazole rings is 1. The lowest BCUT2D eigenvalue weighted by molar-refractivity contribution is 0.476. The molecule has 0 bridgehead atoms. The van der Waals surface area contributed by atoms with E-state index < -0.39 is 0 Å². The van der Waals surface area contributed by atoms with Gasteiger partial charge in [-0.2, -0.15) is 0 Å². The molecule has 5 heteroatoms. The van der Waals surface area contributed by atoms with Crippen LogP contribution in [0, 0.1) is 6.92 Å². The number of benzene rings is 3. The van der Waals surface area contributed by atoms with Gasteiger partial charge in [0.1, 0.15) is 10.8 Å². The summed E-state index contributed by atoms with van der Waals surface area (Å²) in [6, 6.07) is 24.3. The molecule has 1 unspecified atom stereocenters. The fraction of sp³-hybridized carbons (Fsp3) is 0.269. The molecule has 4 rings (SSSR count). The summed E-state index contributed by atoms with van der Waals surface area (Å²) in [7, 11) is 0. The third-order valence-corrected chi connectivity index (χ3v) is 6.31. The lowest BCUT2D eigenvalue weighted by Crippen LogP contribution is -2.16. The fourth-order valence-electron chi connectivity index (χ4n) is 2.96. The van der Waals surface area contributed by atoms with Gasteiger partial charge in [-0.25, -0.2) is 9.71 Å². The number of aromatic nitrogens is 1. The zero-order valence-corrected chi connectivity index (χ0v) is 20.6. The smallest absolute Gasteiger partial charge is 0.117 e. The van der Waals surface area contributed by atoms with Crippen molar-refractivity contribution < 1.29 is 5.11 Å². The van der Waals surface area contributed by atoms with E-state index in [4.69, 9.17) is 4.98 Å². The van der Waals surface area contributed by atoms with E-state index in [2.05, 4.69) is 48.0 Å². The molecule has 3 nitrogen and oxygen atoms in total. The van der Waals surface area contributed by atoms with Gasteiger partial charge in [0.2, 0.25) is 0 Å². The number of aromatic hydroxyl groups is 1. The molecular weight excluding hydrogens is 420 g/mol. The number of rotatable bonds is 6. The molecule has 0 amide bonds. The molecule has 0 saturated heterocycles. The fourth-order valence-corrected chi connectivity index (χ4v) is 4.85. The highest BCUT2D eigenvalue weighted by atomic mass is 32.2. The molecule has 164 valence electrons. The summed E-state index contributed by atoms with van der Waals surface area (Å²) in [5, 5.41) is 10.8. The Balaban J connectivity index is 0.000000807. The first-order chi connectivity index (χ1) is 15.2. The van der Waals surface area contributed by atoms with Crippen molar-refractivity contribution in [3.8, 4) is 5.75 Å². The van der Waals surface area contributed by atoms with Gasteiger partial charge >= 0.3 is 0 Å². The van der Waals surface area contributed by atoms with Crippen LogP contribution in [-0.4, -0.2) is 10.1 Å². The molecule has 0 spiro atoms. The van der Waals surface area contributed by atoms with Crippen LogP contribution >= 0.6 is 23.3 Å². The van der Waals surface area contributed by atoms with E-state index in [0.717, 1.165) is 21.6 Å². The largest absolute Gasteiger partial charge is 0.508 e. The summed E-state index contributed by atoms with van der Waals surface area (Å²) < 4.78 is 4.60. The first-order valence-corrected chi connectivity index (χ1v) is 12.4.